The van der Waals surface area contributed by atoms with E-state index in [1.807, 2.05) is 0 Å². The van der Waals surface area contributed by atoms with Crippen LogP contribution in [0.4, 0.5) is 5.13 Å². The first-order valence-corrected chi connectivity index (χ1v) is 5.05. The summed E-state index contributed by atoms with van der Waals surface area (Å²) in [4.78, 5) is 29.5. The van der Waals surface area contributed by atoms with Gasteiger partial charge in [0.05, 0.1) is 0 Å². The zero-order valence-electron chi connectivity index (χ0n) is 8.28. The van der Waals surface area contributed by atoms with Gasteiger partial charge in [-0.1, -0.05) is 5.16 Å². The molecule has 0 spiro atoms. The van der Waals surface area contributed by atoms with E-state index >= 15 is 0 Å². The molecule has 0 bridgehead atoms. The molecule has 1 aromatic rings. The van der Waals surface area contributed by atoms with Crippen molar-refractivity contribution in [1.29, 1.82) is 0 Å². The average molecular weight is 243 g/mol. The van der Waals surface area contributed by atoms with Crippen LogP contribution in [0.5, 0.6) is 0 Å². The number of aldehydes is 1. The lowest BCUT2D eigenvalue weighted by molar-refractivity contribution is -0.149. The van der Waals surface area contributed by atoms with Crippen molar-refractivity contribution >= 4 is 34.4 Å². The highest BCUT2D eigenvalue weighted by Gasteiger charge is 2.13. The molecule has 1 heterocycles. The number of hydrogen-bond acceptors (Lipinski definition) is 7. The third-order valence-electron chi connectivity index (χ3n) is 1.55. The number of nitrogens with two attached hydrogens (primary N) is 1. The first kappa shape index (κ1) is 12.1. The fourth-order valence-electron chi connectivity index (χ4n) is 0.715. The van der Waals surface area contributed by atoms with Gasteiger partial charge in [0.2, 0.25) is 6.10 Å². The van der Waals surface area contributed by atoms with Crippen LogP contribution in [0.2, 0.25) is 0 Å². The molecule has 0 fully saturated rings. The zero-order valence-corrected chi connectivity index (χ0v) is 9.10. The Labute approximate surface area is 94.5 Å². The van der Waals surface area contributed by atoms with Gasteiger partial charge in [0.15, 0.2) is 17.1 Å². The van der Waals surface area contributed by atoms with Gasteiger partial charge in [0.1, 0.15) is 5.69 Å². The number of aromatic nitrogens is 1. The highest BCUT2D eigenvalue weighted by molar-refractivity contribution is 7.13. The second-order valence-corrected chi connectivity index (χ2v) is 3.64. The molecule has 1 aromatic heterocycles. The van der Waals surface area contributed by atoms with E-state index in [9.17, 15) is 9.59 Å². The molecule has 7 nitrogen and oxygen atoms in total. The number of nitrogens with zero attached hydrogens (tertiary/aromatic N) is 2. The summed E-state index contributed by atoms with van der Waals surface area (Å²) >= 11 is 1.14. The number of thiazole rings is 1. The summed E-state index contributed by atoms with van der Waals surface area (Å²) in [5, 5.41) is 13.7. The van der Waals surface area contributed by atoms with E-state index in [0.29, 0.717) is 6.29 Å². The molecule has 16 heavy (non-hydrogen) atoms. The lowest BCUT2D eigenvalue weighted by Gasteiger charge is -2.03. The Kier molecular flexibility index (Phi) is 3.95. The minimum absolute atomic E-state index is 0.0962. The van der Waals surface area contributed by atoms with Crippen molar-refractivity contribution in [2.45, 2.75) is 13.0 Å². The van der Waals surface area contributed by atoms with Crippen molar-refractivity contribution in [1.82, 2.24) is 4.98 Å². The Morgan fingerprint density at radius 2 is 2.50 bits per heavy atom. The summed E-state index contributed by atoms with van der Waals surface area (Å²) in [7, 11) is 0. The Morgan fingerprint density at radius 3 is 2.94 bits per heavy atom. The summed E-state index contributed by atoms with van der Waals surface area (Å²) in [5.41, 5.74) is 5.54. The van der Waals surface area contributed by atoms with Gasteiger partial charge >= 0.3 is 5.97 Å². The Bertz CT molecular complexity index is 429. The van der Waals surface area contributed by atoms with Gasteiger partial charge < -0.3 is 15.7 Å². The smallest absolute Gasteiger partial charge is 0.347 e. The number of rotatable bonds is 5. The minimum Gasteiger partial charge on any atom is -0.478 e. The fraction of sp³-hybridized carbons (Fsp3) is 0.250. The molecular formula is C8H9N3O4S. The highest BCUT2D eigenvalue weighted by Crippen LogP contribution is 2.11. The summed E-state index contributed by atoms with van der Waals surface area (Å²) in [5.74, 6) is -1.17. The zero-order chi connectivity index (χ0) is 12.1. The SMILES string of the molecule is CC(O/N=C(\C=O)c1csc(N)n1)C(=O)O. The lowest BCUT2D eigenvalue weighted by Crippen LogP contribution is -2.18. The molecule has 1 rings (SSSR count). The number of carboxylic acids is 1. The van der Waals surface area contributed by atoms with E-state index in [2.05, 4.69) is 15.0 Å². The van der Waals surface area contributed by atoms with Crippen LogP contribution in [0.15, 0.2) is 10.5 Å². The third-order valence-corrected chi connectivity index (χ3v) is 2.23. The number of carbonyl (C=O) groups excluding carboxylic acids is 1. The molecule has 0 aliphatic rings. The quantitative estimate of drug-likeness (QED) is 0.431. The number of aliphatic carboxylic acids is 1. The van der Waals surface area contributed by atoms with Gasteiger partial charge in [-0.25, -0.2) is 9.78 Å². The van der Waals surface area contributed by atoms with Crippen molar-refractivity contribution in [3.05, 3.63) is 11.1 Å². The number of carbonyl (C=O) groups is 2. The van der Waals surface area contributed by atoms with E-state index in [0.717, 1.165) is 11.3 Å². The van der Waals surface area contributed by atoms with Crippen molar-refractivity contribution in [2.75, 3.05) is 5.73 Å². The number of oxime groups is 1. The molecule has 0 saturated carbocycles. The van der Waals surface area contributed by atoms with Crippen LogP contribution in [0.3, 0.4) is 0 Å². The normalized spacial score (nSPS) is 13.2. The topological polar surface area (TPSA) is 115 Å². The van der Waals surface area contributed by atoms with Gasteiger partial charge in [-0.15, -0.1) is 11.3 Å². The molecule has 0 radical (unpaired) electrons. The van der Waals surface area contributed by atoms with Crippen LogP contribution in [0.25, 0.3) is 0 Å². The van der Waals surface area contributed by atoms with E-state index < -0.39 is 12.1 Å². The second kappa shape index (κ2) is 5.21. The van der Waals surface area contributed by atoms with Gasteiger partial charge in [0, 0.05) is 5.38 Å². The van der Waals surface area contributed by atoms with Crippen LogP contribution in [0, 0.1) is 0 Å². The number of nitrogen functional groups attached to an aromatic ring is 1. The molecule has 1 atom stereocenters. The predicted octanol–water partition coefficient (Wildman–Crippen LogP) is 0.118. The van der Waals surface area contributed by atoms with Crippen LogP contribution < -0.4 is 5.73 Å². The van der Waals surface area contributed by atoms with Crippen LogP contribution in [0.1, 0.15) is 12.6 Å². The molecule has 1 unspecified atom stereocenters. The van der Waals surface area contributed by atoms with E-state index in [-0.39, 0.29) is 16.5 Å². The number of hydrogen-bond donors (Lipinski definition) is 2. The Morgan fingerprint density at radius 1 is 1.81 bits per heavy atom. The largest absolute Gasteiger partial charge is 0.478 e. The van der Waals surface area contributed by atoms with Crippen molar-refractivity contribution in [3.8, 4) is 0 Å². The van der Waals surface area contributed by atoms with Gasteiger partial charge in [-0.3, -0.25) is 4.79 Å². The first-order chi connectivity index (χ1) is 7.54. The molecule has 0 aliphatic heterocycles. The van der Waals surface area contributed by atoms with Crippen molar-refractivity contribution < 1.29 is 19.5 Å². The lowest BCUT2D eigenvalue weighted by atomic mass is 10.3. The Hall–Kier alpha value is -1.96. The summed E-state index contributed by atoms with van der Waals surface area (Å²) in [6.45, 7) is 1.30. The molecular weight excluding hydrogens is 234 g/mol. The number of carboxylic acid groups (broad SMARTS) is 1. The molecule has 0 aromatic carbocycles. The average Bonchev–Trinajstić information content (AvgIpc) is 2.65. The number of anilines is 1. The van der Waals surface area contributed by atoms with Crippen LogP contribution in [-0.2, 0) is 14.4 Å². The maximum atomic E-state index is 10.7. The van der Waals surface area contributed by atoms with Crippen molar-refractivity contribution in [2.24, 2.45) is 5.16 Å². The van der Waals surface area contributed by atoms with Gasteiger partial charge in [-0.2, -0.15) is 0 Å². The van der Waals surface area contributed by atoms with Crippen LogP contribution >= 0.6 is 11.3 Å². The monoisotopic (exact) mass is 243 g/mol. The van der Waals surface area contributed by atoms with Gasteiger partial charge in [0.25, 0.3) is 0 Å². The second-order valence-electron chi connectivity index (χ2n) is 2.75. The third kappa shape index (κ3) is 3.02. The van der Waals surface area contributed by atoms with Crippen LogP contribution in [-0.4, -0.2) is 34.2 Å². The minimum atomic E-state index is -1.17. The molecule has 86 valence electrons. The van der Waals surface area contributed by atoms with Crippen molar-refractivity contribution in [3.63, 3.8) is 0 Å². The van der Waals surface area contributed by atoms with E-state index in [1.165, 1.54) is 12.3 Å². The molecule has 0 saturated heterocycles. The fourth-order valence-corrected chi connectivity index (χ4v) is 1.27. The summed E-state index contributed by atoms with van der Waals surface area (Å²) in [6, 6.07) is 0. The maximum absolute atomic E-state index is 10.7. The summed E-state index contributed by atoms with van der Waals surface area (Å²) < 4.78 is 0. The molecule has 8 heteroatoms. The predicted molar refractivity (Wildman–Crippen MR) is 57.3 cm³/mol. The Balaban J connectivity index is 2.79. The molecule has 0 aliphatic carbocycles. The van der Waals surface area contributed by atoms with E-state index in [4.69, 9.17) is 10.8 Å². The molecule has 3 N–H and O–H groups in total. The first-order valence-electron chi connectivity index (χ1n) is 4.17. The maximum Gasteiger partial charge on any atom is 0.347 e. The van der Waals surface area contributed by atoms with E-state index in [1.54, 1.807) is 0 Å². The summed E-state index contributed by atoms with van der Waals surface area (Å²) in [6.07, 6.45) is -0.714. The standard InChI is InChI=1S/C8H9N3O4S/c1-4(7(13)14)15-11-5(2-12)6-3-16-8(9)10-6/h2-4H,1H3,(H2,9,10)(H,13,14)/b11-5+. The van der Waals surface area contributed by atoms with Gasteiger partial charge in [-0.05, 0) is 6.92 Å². The highest BCUT2D eigenvalue weighted by atomic mass is 32.1. The molecule has 0 amide bonds.